The molecular weight excluding hydrogens is 150 g/mol. The molecule has 1 fully saturated rings. The summed E-state index contributed by atoms with van der Waals surface area (Å²) >= 11 is 0. The molecule has 0 radical (unpaired) electrons. The molecule has 3 heteroatoms. The average Bonchev–Trinajstić information content (AvgIpc) is 1.49. The summed E-state index contributed by atoms with van der Waals surface area (Å²) in [5, 5.41) is 0. The molecule has 0 N–H and O–H groups in total. The third-order valence-corrected chi connectivity index (χ3v) is 1.79. The molecule has 0 aromatic heterocycles. The first-order valence-electron chi connectivity index (χ1n) is 3.86. The van der Waals surface area contributed by atoms with Crippen LogP contribution in [0.1, 0.15) is 33.6 Å². The highest BCUT2D eigenvalue weighted by atomic mass is 19.3. The molecule has 1 aliphatic rings. The molecule has 1 unspecified atom stereocenters. The topological polar surface area (TPSA) is 9.23 Å². The number of hydrogen-bond acceptors (Lipinski definition) is 1. The second kappa shape index (κ2) is 2.41. The Morgan fingerprint density at radius 1 is 1.36 bits per heavy atom. The molecule has 1 saturated heterocycles. The van der Waals surface area contributed by atoms with Gasteiger partial charge < -0.3 is 4.74 Å². The second-order valence-corrected chi connectivity index (χ2v) is 3.93. The monoisotopic (exact) mass is 164 g/mol. The van der Waals surface area contributed by atoms with Gasteiger partial charge in [0.05, 0.1) is 11.7 Å². The molecule has 1 aliphatic heterocycles. The zero-order valence-electron chi connectivity index (χ0n) is 7.16. The lowest BCUT2D eigenvalue weighted by Crippen LogP contribution is -2.44. The highest BCUT2D eigenvalue weighted by molar-refractivity contribution is 4.86. The van der Waals surface area contributed by atoms with Crippen molar-refractivity contribution in [1.82, 2.24) is 0 Å². The Bertz CT molecular complexity index is 138. The van der Waals surface area contributed by atoms with Crippen LogP contribution < -0.4 is 0 Å². The van der Waals surface area contributed by atoms with Crippen molar-refractivity contribution in [3.8, 4) is 0 Å². The zero-order chi connectivity index (χ0) is 8.70. The van der Waals surface area contributed by atoms with Gasteiger partial charge >= 0.3 is 0 Å². The summed E-state index contributed by atoms with van der Waals surface area (Å²) in [6, 6.07) is 0. The number of ether oxygens (including phenoxy) is 1. The quantitative estimate of drug-likeness (QED) is 0.534. The first-order valence-corrected chi connectivity index (χ1v) is 3.86. The van der Waals surface area contributed by atoms with Crippen molar-refractivity contribution in [3.63, 3.8) is 0 Å². The van der Waals surface area contributed by atoms with E-state index in [4.69, 9.17) is 4.74 Å². The Kier molecular flexibility index (Phi) is 1.95. The fourth-order valence-electron chi connectivity index (χ4n) is 1.74. The lowest BCUT2D eigenvalue weighted by molar-refractivity contribution is -0.194. The van der Waals surface area contributed by atoms with E-state index in [2.05, 4.69) is 0 Å². The Labute approximate surface area is 65.7 Å². The van der Waals surface area contributed by atoms with E-state index in [1.54, 1.807) is 20.8 Å². The van der Waals surface area contributed by atoms with Crippen LogP contribution in [0.4, 0.5) is 8.78 Å². The molecule has 11 heavy (non-hydrogen) atoms. The van der Waals surface area contributed by atoms with Crippen molar-refractivity contribution in [3.05, 3.63) is 0 Å². The van der Waals surface area contributed by atoms with Crippen molar-refractivity contribution < 1.29 is 13.5 Å². The van der Waals surface area contributed by atoms with Crippen LogP contribution in [0.25, 0.3) is 0 Å². The van der Waals surface area contributed by atoms with E-state index in [1.807, 2.05) is 0 Å². The predicted molar refractivity (Wildman–Crippen MR) is 38.8 cm³/mol. The van der Waals surface area contributed by atoms with Crippen molar-refractivity contribution >= 4 is 0 Å². The number of hydrogen-bond donors (Lipinski definition) is 0. The molecule has 0 amide bonds. The van der Waals surface area contributed by atoms with E-state index in [0.717, 1.165) is 0 Å². The van der Waals surface area contributed by atoms with Crippen LogP contribution >= 0.6 is 0 Å². The maximum Gasteiger partial charge on any atom is 0.253 e. The minimum atomic E-state index is -2.54. The van der Waals surface area contributed by atoms with Crippen LogP contribution in [0.2, 0.25) is 0 Å². The fraction of sp³-hybridized carbons (Fsp3) is 1.00. The van der Waals surface area contributed by atoms with Crippen LogP contribution in [0.5, 0.6) is 0 Å². The summed E-state index contributed by atoms with van der Waals surface area (Å²) < 4.78 is 31.1. The molecule has 1 rings (SSSR count). The Hall–Kier alpha value is -0.180. The second-order valence-electron chi connectivity index (χ2n) is 3.93. The summed E-state index contributed by atoms with van der Waals surface area (Å²) in [7, 11) is 0. The van der Waals surface area contributed by atoms with E-state index in [-0.39, 0.29) is 18.9 Å². The molecule has 1 heterocycles. The van der Waals surface area contributed by atoms with Crippen molar-refractivity contribution in [1.29, 1.82) is 0 Å². The largest absolute Gasteiger partial charge is 0.372 e. The highest BCUT2D eigenvalue weighted by Gasteiger charge is 2.44. The van der Waals surface area contributed by atoms with Gasteiger partial charge in [0.25, 0.3) is 5.92 Å². The van der Waals surface area contributed by atoms with Gasteiger partial charge in [0.2, 0.25) is 0 Å². The molecule has 66 valence electrons. The number of halogens is 2. The van der Waals surface area contributed by atoms with Gasteiger partial charge in [-0.05, 0) is 20.8 Å². The first kappa shape index (κ1) is 8.91. The number of rotatable bonds is 0. The standard InChI is InChI=1S/C8H14F2O/c1-6-4-8(9,10)5-7(2,3)11-6/h6H,4-5H2,1-3H3. The van der Waals surface area contributed by atoms with Gasteiger partial charge in [0.1, 0.15) is 0 Å². The van der Waals surface area contributed by atoms with Crippen LogP contribution in [-0.2, 0) is 4.74 Å². The molecule has 0 bridgehead atoms. The lowest BCUT2D eigenvalue weighted by atomic mass is 9.92. The minimum absolute atomic E-state index is 0.142. The van der Waals surface area contributed by atoms with E-state index in [1.165, 1.54) is 0 Å². The summed E-state index contributed by atoms with van der Waals surface area (Å²) in [4.78, 5) is 0. The van der Waals surface area contributed by atoms with Crippen LogP contribution in [0, 0.1) is 0 Å². The van der Waals surface area contributed by atoms with Gasteiger partial charge in [-0.2, -0.15) is 0 Å². The smallest absolute Gasteiger partial charge is 0.253 e. The molecule has 0 aromatic rings. The Balaban J connectivity index is 2.66. The summed E-state index contributed by atoms with van der Waals surface area (Å²) in [5.41, 5.74) is -0.666. The van der Waals surface area contributed by atoms with E-state index in [9.17, 15) is 8.78 Å². The maximum absolute atomic E-state index is 12.9. The van der Waals surface area contributed by atoms with Gasteiger partial charge in [0.15, 0.2) is 0 Å². The lowest BCUT2D eigenvalue weighted by Gasteiger charge is -2.39. The zero-order valence-corrected chi connectivity index (χ0v) is 7.16. The predicted octanol–water partition coefficient (Wildman–Crippen LogP) is 2.60. The van der Waals surface area contributed by atoms with Gasteiger partial charge in [-0.25, -0.2) is 8.78 Å². The molecule has 0 spiro atoms. The first-order chi connectivity index (χ1) is 4.81. The number of alkyl halides is 2. The molecule has 1 nitrogen and oxygen atoms in total. The Morgan fingerprint density at radius 2 is 1.91 bits per heavy atom. The van der Waals surface area contributed by atoms with Crippen LogP contribution in [0.15, 0.2) is 0 Å². The van der Waals surface area contributed by atoms with Gasteiger partial charge in [-0.1, -0.05) is 0 Å². The third kappa shape index (κ3) is 2.40. The van der Waals surface area contributed by atoms with Gasteiger partial charge in [-0.3, -0.25) is 0 Å². The molecule has 0 saturated carbocycles. The van der Waals surface area contributed by atoms with Crippen molar-refractivity contribution in [2.45, 2.75) is 51.2 Å². The van der Waals surface area contributed by atoms with Crippen molar-refractivity contribution in [2.24, 2.45) is 0 Å². The van der Waals surface area contributed by atoms with Crippen molar-refractivity contribution in [2.75, 3.05) is 0 Å². The minimum Gasteiger partial charge on any atom is -0.372 e. The van der Waals surface area contributed by atoms with E-state index in [0.29, 0.717) is 0 Å². The van der Waals surface area contributed by atoms with Crippen LogP contribution in [-0.4, -0.2) is 17.6 Å². The molecule has 0 aromatic carbocycles. The summed E-state index contributed by atoms with van der Waals surface area (Å²) in [6.45, 7) is 5.10. The third-order valence-electron chi connectivity index (χ3n) is 1.79. The Morgan fingerprint density at radius 3 is 2.27 bits per heavy atom. The SMILES string of the molecule is CC1CC(F)(F)CC(C)(C)O1. The average molecular weight is 164 g/mol. The van der Waals surface area contributed by atoms with Crippen LogP contribution in [0.3, 0.4) is 0 Å². The summed E-state index contributed by atoms with van der Waals surface area (Å²) in [5.74, 6) is -2.54. The van der Waals surface area contributed by atoms with Gasteiger partial charge in [0, 0.05) is 12.8 Å². The fourth-order valence-corrected chi connectivity index (χ4v) is 1.74. The van der Waals surface area contributed by atoms with Gasteiger partial charge in [-0.15, -0.1) is 0 Å². The summed E-state index contributed by atoms with van der Waals surface area (Å²) in [6.07, 6.45) is -0.630. The molecular formula is C8H14F2O. The highest BCUT2D eigenvalue weighted by Crippen LogP contribution is 2.38. The maximum atomic E-state index is 12.9. The van der Waals surface area contributed by atoms with E-state index < -0.39 is 11.5 Å². The molecule has 0 aliphatic carbocycles. The normalized spacial score (nSPS) is 35.2. The van der Waals surface area contributed by atoms with E-state index >= 15 is 0 Å². The molecule has 1 atom stereocenters.